The highest BCUT2D eigenvalue weighted by Gasteiger charge is 2.33. The molecule has 0 radical (unpaired) electrons. The number of hydrogen-bond acceptors (Lipinski definition) is 3. The van der Waals surface area contributed by atoms with E-state index in [2.05, 4.69) is 15.9 Å². The lowest BCUT2D eigenvalue weighted by Crippen LogP contribution is -2.32. The van der Waals surface area contributed by atoms with Crippen molar-refractivity contribution >= 4 is 27.7 Å². The quantitative estimate of drug-likeness (QED) is 0.735. The Bertz CT molecular complexity index is 413. The SMILES string of the molecule is CC1CC(=O)N(C(=O)c2ccoc2Br)C1. The molecule has 1 atom stereocenters. The molecule has 0 N–H and O–H groups in total. The molecule has 5 heteroatoms. The second-order valence-electron chi connectivity index (χ2n) is 3.73. The van der Waals surface area contributed by atoms with Gasteiger partial charge in [-0.05, 0) is 27.9 Å². The number of rotatable bonds is 1. The summed E-state index contributed by atoms with van der Waals surface area (Å²) in [6.07, 6.45) is 1.86. The van der Waals surface area contributed by atoms with Crippen molar-refractivity contribution in [3.8, 4) is 0 Å². The fourth-order valence-electron chi connectivity index (χ4n) is 1.67. The Balaban J connectivity index is 2.22. The number of amides is 2. The van der Waals surface area contributed by atoms with Gasteiger partial charge in [-0.25, -0.2) is 0 Å². The van der Waals surface area contributed by atoms with E-state index in [0.717, 1.165) is 0 Å². The number of hydrogen-bond donors (Lipinski definition) is 0. The minimum Gasteiger partial charge on any atom is -0.457 e. The summed E-state index contributed by atoms with van der Waals surface area (Å²) in [6, 6.07) is 1.56. The lowest BCUT2D eigenvalue weighted by molar-refractivity contribution is -0.125. The molecule has 80 valence electrons. The van der Waals surface area contributed by atoms with Crippen molar-refractivity contribution in [3.05, 3.63) is 22.6 Å². The highest BCUT2D eigenvalue weighted by Crippen LogP contribution is 2.24. The summed E-state index contributed by atoms with van der Waals surface area (Å²) in [7, 11) is 0. The van der Waals surface area contributed by atoms with Gasteiger partial charge in [-0.3, -0.25) is 14.5 Å². The van der Waals surface area contributed by atoms with Gasteiger partial charge in [0.2, 0.25) is 5.91 Å². The van der Waals surface area contributed by atoms with Gasteiger partial charge in [0, 0.05) is 13.0 Å². The third-order valence-electron chi connectivity index (χ3n) is 2.41. The van der Waals surface area contributed by atoms with Crippen molar-refractivity contribution in [3.63, 3.8) is 0 Å². The number of imide groups is 1. The van der Waals surface area contributed by atoms with Crippen LogP contribution in [-0.2, 0) is 4.79 Å². The summed E-state index contributed by atoms with van der Waals surface area (Å²) in [5.74, 6) is -0.155. The van der Waals surface area contributed by atoms with E-state index < -0.39 is 0 Å². The van der Waals surface area contributed by atoms with Crippen LogP contribution in [0, 0.1) is 5.92 Å². The Hall–Kier alpha value is -1.10. The van der Waals surface area contributed by atoms with Crippen LogP contribution < -0.4 is 0 Å². The summed E-state index contributed by atoms with van der Waals surface area (Å²) in [4.78, 5) is 24.7. The first-order valence-electron chi connectivity index (χ1n) is 4.67. The molecule has 0 aromatic carbocycles. The van der Waals surface area contributed by atoms with E-state index in [1.807, 2.05) is 6.92 Å². The first-order chi connectivity index (χ1) is 7.09. The predicted molar refractivity (Wildman–Crippen MR) is 56.2 cm³/mol. The van der Waals surface area contributed by atoms with Crippen molar-refractivity contribution in [1.82, 2.24) is 4.90 Å². The lowest BCUT2D eigenvalue weighted by Gasteiger charge is -2.12. The van der Waals surface area contributed by atoms with Crippen LogP contribution in [0.2, 0.25) is 0 Å². The molecule has 2 heterocycles. The van der Waals surface area contributed by atoms with Crippen molar-refractivity contribution < 1.29 is 14.0 Å². The minimum absolute atomic E-state index is 0.111. The highest BCUT2D eigenvalue weighted by molar-refractivity contribution is 9.10. The summed E-state index contributed by atoms with van der Waals surface area (Å²) >= 11 is 3.12. The summed E-state index contributed by atoms with van der Waals surface area (Å²) in [6.45, 7) is 2.45. The van der Waals surface area contributed by atoms with Crippen molar-refractivity contribution in [2.75, 3.05) is 6.54 Å². The van der Waals surface area contributed by atoms with Gasteiger partial charge in [0.15, 0.2) is 4.67 Å². The van der Waals surface area contributed by atoms with Gasteiger partial charge in [0.1, 0.15) is 0 Å². The zero-order valence-corrected chi connectivity index (χ0v) is 9.78. The van der Waals surface area contributed by atoms with Gasteiger partial charge in [-0.2, -0.15) is 0 Å². The fourth-order valence-corrected chi connectivity index (χ4v) is 2.08. The number of halogens is 1. The molecule has 1 saturated heterocycles. The molecule has 1 unspecified atom stereocenters. The molecule has 15 heavy (non-hydrogen) atoms. The van der Waals surface area contributed by atoms with Gasteiger partial charge < -0.3 is 4.42 Å². The summed E-state index contributed by atoms with van der Waals surface area (Å²) in [5, 5.41) is 0. The number of carbonyl (C=O) groups is 2. The van der Waals surface area contributed by atoms with Crippen molar-refractivity contribution in [2.24, 2.45) is 5.92 Å². The standard InChI is InChI=1S/C10H10BrNO3/c1-6-4-8(13)12(5-6)10(14)7-2-3-15-9(7)11/h2-3,6H,4-5H2,1H3. The second-order valence-corrected chi connectivity index (χ2v) is 4.45. The average Bonchev–Trinajstić information content (AvgIpc) is 2.71. The first-order valence-corrected chi connectivity index (χ1v) is 5.46. The minimum atomic E-state index is -0.287. The molecule has 2 rings (SSSR count). The van der Waals surface area contributed by atoms with Crippen molar-refractivity contribution in [2.45, 2.75) is 13.3 Å². The molecule has 0 aliphatic carbocycles. The molecule has 0 saturated carbocycles. The van der Waals surface area contributed by atoms with Crippen LogP contribution in [-0.4, -0.2) is 23.3 Å². The van der Waals surface area contributed by atoms with E-state index in [4.69, 9.17) is 4.42 Å². The van der Waals surface area contributed by atoms with E-state index in [1.165, 1.54) is 11.2 Å². The lowest BCUT2D eigenvalue weighted by atomic mass is 10.2. The molecular weight excluding hydrogens is 262 g/mol. The molecule has 0 bridgehead atoms. The van der Waals surface area contributed by atoms with Gasteiger partial charge in [0.25, 0.3) is 5.91 Å². The smallest absolute Gasteiger partial charge is 0.264 e. The number of likely N-dealkylation sites (tertiary alicyclic amines) is 1. The third-order valence-corrected chi connectivity index (χ3v) is 3.03. The molecule has 4 nitrogen and oxygen atoms in total. The summed E-state index contributed by atoms with van der Waals surface area (Å²) < 4.78 is 5.34. The molecule has 0 spiro atoms. The zero-order chi connectivity index (χ0) is 11.0. The van der Waals surface area contributed by atoms with Gasteiger partial charge in [0.05, 0.1) is 11.8 Å². The zero-order valence-electron chi connectivity index (χ0n) is 8.20. The molecular formula is C10H10BrNO3. The van der Waals surface area contributed by atoms with Crippen LogP contribution in [0.15, 0.2) is 21.4 Å². The number of carbonyl (C=O) groups excluding carboxylic acids is 2. The third kappa shape index (κ3) is 1.84. The Labute approximate surface area is 95.4 Å². The molecule has 1 fully saturated rings. The number of nitrogens with zero attached hydrogens (tertiary/aromatic N) is 1. The molecule has 1 aromatic heterocycles. The van der Waals surface area contributed by atoms with E-state index in [9.17, 15) is 9.59 Å². The van der Waals surface area contributed by atoms with Crippen LogP contribution in [0.25, 0.3) is 0 Å². The number of furan rings is 1. The topological polar surface area (TPSA) is 50.5 Å². The molecule has 1 aliphatic rings. The van der Waals surface area contributed by atoms with Gasteiger partial charge >= 0.3 is 0 Å². The summed E-state index contributed by atoms with van der Waals surface area (Å²) in [5.41, 5.74) is 0.400. The highest BCUT2D eigenvalue weighted by atomic mass is 79.9. The average molecular weight is 272 g/mol. The Morgan fingerprint density at radius 3 is 2.87 bits per heavy atom. The monoisotopic (exact) mass is 271 g/mol. The maximum Gasteiger partial charge on any atom is 0.264 e. The van der Waals surface area contributed by atoms with Crippen LogP contribution >= 0.6 is 15.9 Å². The Kier molecular flexibility index (Phi) is 2.65. The Morgan fingerprint density at radius 2 is 2.40 bits per heavy atom. The van der Waals surface area contributed by atoms with Crippen LogP contribution in [0.3, 0.4) is 0 Å². The normalized spacial score (nSPS) is 21.1. The molecule has 1 aromatic rings. The fraction of sp³-hybridized carbons (Fsp3) is 0.400. The largest absolute Gasteiger partial charge is 0.457 e. The second kappa shape index (κ2) is 3.81. The Morgan fingerprint density at radius 1 is 1.67 bits per heavy atom. The maximum absolute atomic E-state index is 11.9. The van der Waals surface area contributed by atoms with Crippen LogP contribution in [0.4, 0.5) is 0 Å². The maximum atomic E-state index is 11.9. The predicted octanol–water partition coefficient (Wildman–Crippen LogP) is 2.05. The van der Waals surface area contributed by atoms with Crippen molar-refractivity contribution in [1.29, 1.82) is 0 Å². The van der Waals surface area contributed by atoms with E-state index in [-0.39, 0.29) is 17.7 Å². The molecule has 1 aliphatic heterocycles. The van der Waals surface area contributed by atoms with Crippen LogP contribution in [0.5, 0.6) is 0 Å². The van der Waals surface area contributed by atoms with Gasteiger partial charge in [-0.15, -0.1) is 0 Å². The first kappa shape index (κ1) is 10.4. The van der Waals surface area contributed by atoms with E-state index in [1.54, 1.807) is 6.07 Å². The van der Waals surface area contributed by atoms with Crippen LogP contribution in [0.1, 0.15) is 23.7 Å². The van der Waals surface area contributed by atoms with E-state index >= 15 is 0 Å². The molecule has 2 amide bonds. The van der Waals surface area contributed by atoms with Gasteiger partial charge in [-0.1, -0.05) is 6.92 Å². The van der Waals surface area contributed by atoms with E-state index in [0.29, 0.717) is 23.2 Å².